The van der Waals surface area contributed by atoms with Crippen LogP contribution in [0, 0.1) is 5.92 Å². The minimum atomic E-state index is -0.592. The van der Waals surface area contributed by atoms with Crippen molar-refractivity contribution in [3.8, 4) is 0 Å². The van der Waals surface area contributed by atoms with Crippen LogP contribution < -0.4 is 11.1 Å². The molecule has 6 heteroatoms. The first-order valence-electron chi connectivity index (χ1n) is 6.44. The topological polar surface area (TPSA) is 89.3 Å². The van der Waals surface area contributed by atoms with Crippen LogP contribution in [0.25, 0.3) is 0 Å². The highest BCUT2D eigenvalue weighted by atomic mass is 32.2. The van der Waals surface area contributed by atoms with Crippen LogP contribution in [-0.4, -0.2) is 41.1 Å². The number of thioether (sulfide) groups is 1. The summed E-state index contributed by atoms with van der Waals surface area (Å²) in [5.41, 5.74) is 5.77. The van der Waals surface area contributed by atoms with E-state index in [0.29, 0.717) is 12.0 Å². The molecule has 0 rings (SSSR count). The number of hydrogen-bond acceptors (Lipinski definition) is 5. The minimum Gasteiger partial charge on any atom is -0.353 e. The predicted molar refractivity (Wildman–Crippen MR) is 78.0 cm³/mol. The van der Waals surface area contributed by atoms with Gasteiger partial charge in [0.15, 0.2) is 5.78 Å². The summed E-state index contributed by atoms with van der Waals surface area (Å²) in [4.78, 5) is 34.1. The van der Waals surface area contributed by atoms with Crippen LogP contribution in [-0.2, 0) is 14.4 Å². The number of hydrogen-bond donors (Lipinski definition) is 2. The molecule has 3 N–H and O–H groups in total. The van der Waals surface area contributed by atoms with E-state index in [4.69, 9.17) is 5.73 Å². The van der Waals surface area contributed by atoms with Gasteiger partial charge < -0.3 is 15.8 Å². The number of amides is 1. The average Bonchev–Trinajstić information content (AvgIpc) is 2.31. The molecule has 0 aliphatic carbocycles. The Kier molecular flexibility index (Phi) is 8.67. The van der Waals surface area contributed by atoms with Gasteiger partial charge in [-0.25, -0.2) is 0 Å². The first-order chi connectivity index (χ1) is 8.79. The molecular formula is C13H24N2O3S. The zero-order chi connectivity index (χ0) is 15.0. The molecule has 1 amide bonds. The van der Waals surface area contributed by atoms with Crippen molar-refractivity contribution in [1.29, 1.82) is 0 Å². The molecule has 0 radical (unpaired) electrons. The molecule has 0 spiro atoms. The maximum absolute atomic E-state index is 11.8. The van der Waals surface area contributed by atoms with Gasteiger partial charge in [-0.05, 0) is 13.8 Å². The van der Waals surface area contributed by atoms with Crippen LogP contribution in [0.3, 0.4) is 0 Å². The summed E-state index contributed by atoms with van der Waals surface area (Å²) < 4.78 is 0. The van der Waals surface area contributed by atoms with Crippen LogP contribution in [0.15, 0.2) is 0 Å². The Hall–Kier alpha value is -0.880. The number of carbonyl (C=O) groups is 3. The van der Waals surface area contributed by atoms with Crippen molar-refractivity contribution in [1.82, 2.24) is 5.32 Å². The fourth-order valence-corrected chi connectivity index (χ4v) is 2.48. The lowest BCUT2D eigenvalue weighted by Crippen LogP contribution is -2.40. The van der Waals surface area contributed by atoms with Crippen LogP contribution in [0.2, 0.25) is 0 Å². The Morgan fingerprint density at radius 1 is 1.26 bits per heavy atom. The summed E-state index contributed by atoms with van der Waals surface area (Å²) in [5.74, 6) is 0.0173. The quantitative estimate of drug-likeness (QED) is 0.611. The fraction of sp³-hybridized carbons (Fsp3) is 0.769. The monoisotopic (exact) mass is 288 g/mol. The number of rotatable bonds is 9. The third kappa shape index (κ3) is 7.32. The summed E-state index contributed by atoms with van der Waals surface area (Å²) in [7, 11) is 0. The number of nitrogens with two attached hydrogens (primary N) is 1. The van der Waals surface area contributed by atoms with Crippen molar-refractivity contribution < 1.29 is 14.4 Å². The van der Waals surface area contributed by atoms with Gasteiger partial charge in [0, 0.05) is 24.1 Å². The first kappa shape index (κ1) is 18.1. The minimum absolute atomic E-state index is 0.0215. The van der Waals surface area contributed by atoms with Gasteiger partial charge in [0.1, 0.15) is 6.29 Å². The molecule has 0 heterocycles. The van der Waals surface area contributed by atoms with E-state index in [1.165, 1.54) is 11.8 Å². The molecular weight excluding hydrogens is 264 g/mol. The Balaban J connectivity index is 4.39. The Morgan fingerprint density at radius 2 is 1.84 bits per heavy atom. The standard InChI is InChI=1S/C13H24N2O3S/c1-8(2)12(17)10(14)7-19-11(5-6-16)13(18)15-9(3)4/h6,8-11H,5,7,14H2,1-4H3,(H,15,18). The normalized spacial score (nSPS) is 14.3. The zero-order valence-electron chi connectivity index (χ0n) is 12.0. The van der Waals surface area contributed by atoms with Crippen molar-refractivity contribution in [3.63, 3.8) is 0 Å². The van der Waals surface area contributed by atoms with Gasteiger partial charge in [0.2, 0.25) is 5.91 Å². The van der Waals surface area contributed by atoms with Gasteiger partial charge >= 0.3 is 0 Å². The van der Waals surface area contributed by atoms with E-state index in [-0.39, 0.29) is 30.1 Å². The molecule has 0 aromatic heterocycles. The summed E-state index contributed by atoms with van der Waals surface area (Å²) in [6, 6.07) is -0.570. The molecule has 110 valence electrons. The summed E-state index contributed by atoms with van der Waals surface area (Å²) in [6.45, 7) is 7.30. The molecule has 0 fully saturated rings. The number of nitrogens with one attached hydrogen (secondary N) is 1. The summed E-state index contributed by atoms with van der Waals surface area (Å²) in [5, 5.41) is 2.28. The van der Waals surface area contributed by atoms with E-state index in [1.807, 2.05) is 13.8 Å². The SMILES string of the molecule is CC(C)NC(=O)C(CC=O)SCC(N)C(=O)C(C)C. The van der Waals surface area contributed by atoms with Crippen LogP contribution in [0.4, 0.5) is 0 Å². The number of aldehydes is 1. The van der Waals surface area contributed by atoms with Crippen molar-refractivity contribution in [2.24, 2.45) is 11.7 Å². The van der Waals surface area contributed by atoms with Crippen molar-refractivity contribution in [2.75, 3.05) is 5.75 Å². The van der Waals surface area contributed by atoms with E-state index < -0.39 is 11.3 Å². The molecule has 19 heavy (non-hydrogen) atoms. The lowest BCUT2D eigenvalue weighted by Gasteiger charge is -2.18. The number of Topliss-reactive ketones (excluding diaryl/α,β-unsaturated/α-hetero) is 1. The smallest absolute Gasteiger partial charge is 0.233 e. The van der Waals surface area contributed by atoms with E-state index >= 15 is 0 Å². The molecule has 0 aromatic rings. The van der Waals surface area contributed by atoms with Crippen LogP contribution in [0.5, 0.6) is 0 Å². The summed E-state index contributed by atoms with van der Waals surface area (Å²) >= 11 is 1.26. The molecule has 2 unspecified atom stereocenters. The van der Waals surface area contributed by atoms with Crippen molar-refractivity contribution in [3.05, 3.63) is 0 Å². The highest BCUT2D eigenvalue weighted by Crippen LogP contribution is 2.16. The average molecular weight is 288 g/mol. The highest BCUT2D eigenvalue weighted by molar-refractivity contribution is 8.00. The third-order valence-electron chi connectivity index (χ3n) is 2.45. The molecule has 0 aliphatic heterocycles. The van der Waals surface area contributed by atoms with E-state index in [2.05, 4.69) is 5.32 Å². The molecule has 0 aromatic carbocycles. The van der Waals surface area contributed by atoms with Crippen LogP contribution in [0.1, 0.15) is 34.1 Å². The number of carbonyl (C=O) groups excluding carboxylic acids is 3. The largest absolute Gasteiger partial charge is 0.353 e. The maximum Gasteiger partial charge on any atom is 0.233 e. The third-order valence-corrected chi connectivity index (χ3v) is 3.81. The lowest BCUT2D eigenvalue weighted by molar-refractivity contribution is -0.123. The van der Waals surface area contributed by atoms with E-state index in [0.717, 1.165) is 0 Å². The molecule has 5 nitrogen and oxygen atoms in total. The van der Waals surface area contributed by atoms with Gasteiger partial charge in [0.05, 0.1) is 11.3 Å². The molecule has 0 saturated heterocycles. The van der Waals surface area contributed by atoms with Crippen molar-refractivity contribution in [2.45, 2.75) is 51.4 Å². The zero-order valence-corrected chi connectivity index (χ0v) is 12.8. The Bertz CT molecular complexity index is 319. The predicted octanol–water partition coefficient (Wildman–Crippen LogP) is 0.754. The first-order valence-corrected chi connectivity index (χ1v) is 7.49. The molecule has 0 saturated carbocycles. The van der Waals surface area contributed by atoms with Gasteiger partial charge in [-0.3, -0.25) is 9.59 Å². The highest BCUT2D eigenvalue weighted by Gasteiger charge is 2.23. The second kappa shape index (κ2) is 9.09. The van der Waals surface area contributed by atoms with Crippen LogP contribution >= 0.6 is 11.8 Å². The maximum atomic E-state index is 11.8. The molecule has 0 aliphatic rings. The summed E-state index contributed by atoms with van der Waals surface area (Å²) in [6.07, 6.45) is 0.846. The second-order valence-electron chi connectivity index (χ2n) is 5.05. The molecule has 0 bridgehead atoms. The number of ketones is 1. The van der Waals surface area contributed by atoms with Gasteiger partial charge in [-0.1, -0.05) is 13.8 Å². The van der Waals surface area contributed by atoms with E-state index in [1.54, 1.807) is 13.8 Å². The second-order valence-corrected chi connectivity index (χ2v) is 6.29. The fourth-order valence-electron chi connectivity index (χ4n) is 1.45. The van der Waals surface area contributed by atoms with Gasteiger partial charge in [0.25, 0.3) is 0 Å². The van der Waals surface area contributed by atoms with Gasteiger partial charge in [-0.2, -0.15) is 0 Å². The van der Waals surface area contributed by atoms with Gasteiger partial charge in [-0.15, -0.1) is 11.8 Å². The Labute approximate surface area is 119 Å². The van der Waals surface area contributed by atoms with Crippen molar-refractivity contribution >= 4 is 29.7 Å². The lowest BCUT2D eigenvalue weighted by atomic mass is 10.0. The Morgan fingerprint density at radius 3 is 2.26 bits per heavy atom. The molecule has 2 atom stereocenters. The van der Waals surface area contributed by atoms with E-state index in [9.17, 15) is 14.4 Å².